The first-order valence-electron chi connectivity index (χ1n) is 6.02. The van der Waals surface area contributed by atoms with Gasteiger partial charge in [0.2, 0.25) is 0 Å². The molecule has 0 aliphatic heterocycles. The highest BCUT2D eigenvalue weighted by atomic mass is 35.5. The van der Waals surface area contributed by atoms with Gasteiger partial charge >= 0.3 is 0 Å². The first kappa shape index (κ1) is 13.6. The van der Waals surface area contributed by atoms with Crippen molar-refractivity contribution in [2.75, 3.05) is 18.9 Å². The molecule has 0 spiro atoms. The molecule has 0 amide bonds. The van der Waals surface area contributed by atoms with Gasteiger partial charge in [-0.25, -0.2) is 0 Å². The lowest BCUT2D eigenvalue weighted by Crippen LogP contribution is -2.09. The van der Waals surface area contributed by atoms with Gasteiger partial charge in [0.15, 0.2) is 0 Å². The molecular formula is C15H16ClNO2. The highest BCUT2D eigenvalue weighted by molar-refractivity contribution is 6.30. The standard InChI is InChI=1S/C15H16ClNO2/c1-11-10-13(17)4-7-15(11)19-9-8-18-14-5-2-12(16)3-6-14/h2-7,10H,8-9,17H2,1H3. The first-order valence-corrected chi connectivity index (χ1v) is 6.40. The fourth-order valence-electron chi connectivity index (χ4n) is 1.68. The Balaban J connectivity index is 1.79. The molecule has 0 fully saturated rings. The topological polar surface area (TPSA) is 44.5 Å². The number of hydrogen-bond donors (Lipinski definition) is 1. The smallest absolute Gasteiger partial charge is 0.122 e. The SMILES string of the molecule is Cc1cc(N)ccc1OCCOc1ccc(Cl)cc1. The van der Waals surface area contributed by atoms with Gasteiger partial charge in [0.1, 0.15) is 24.7 Å². The average molecular weight is 278 g/mol. The quantitative estimate of drug-likeness (QED) is 0.670. The third-order valence-corrected chi connectivity index (χ3v) is 2.87. The van der Waals surface area contributed by atoms with Crippen molar-refractivity contribution < 1.29 is 9.47 Å². The maximum atomic E-state index is 5.79. The Morgan fingerprint density at radius 3 is 2.37 bits per heavy atom. The Morgan fingerprint density at radius 2 is 1.68 bits per heavy atom. The predicted octanol–water partition coefficient (Wildman–Crippen LogP) is 3.69. The molecule has 19 heavy (non-hydrogen) atoms. The maximum Gasteiger partial charge on any atom is 0.122 e. The molecule has 0 radical (unpaired) electrons. The number of ether oxygens (including phenoxy) is 2. The van der Waals surface area contributed by atoms with E-state index in [0.29, 0.717) is 18.2 Å². The molecule has 0 aromatic heterocycles. The van der Waals surface area contributed by atoms with Crippen molar-refractivity contribution in [3.63, 3.8) is 0 Å². The van der Waals surface area contributed by atoms with E-state index in [-0.39, 0.29) is 0 Å². The Kier molecular flexibility index (Phi) is 4.53. The molecule has 2 aromatic carbocycles. The molecule has 0 heterocycles. The lowest BCUT2D eigenvalue weighted by Gasteiger charge is -2.10. The minimum atomic E-state index is 0.478. The number of nitrogens with two attached hydrogens (primary N) is 1. The van der Waals surface area contributed by atoms with Gasteiger partial charge in [-0.2, -0.15) is 0 Å². The summed E-state index contributed by atoms with van der Waals surface area (Å²) in [5.74, 6) is 1.61. The molecule has 0 aliphatic carbocycles. The van der Waals surface area contributed by atoms with Gasteiger partial charge < -0.3 is 15.2 Å². The Bertz CT molecular complexity index is 540. The number of benzene rings is 2. The van der Waals surface area contributed by atoms with Gasteiger partial charge in [-0.1, -0.05) is 11.6 Å². The van der Waals surface area contributed by atoms with E-state index in [9.17, 15) is 0 Å². The lowest BCUT2D eigenvalue weighted by atomic mass is 10.2. The fraction of sp³-hybridized carbons (Fsp3) is 0.200. The molecule has 100 valence electrons. The molecule has 0 saturated carbocycles. The molecule has 0 unspecified atom stereocenters. The average Bonchev–Trinajstić information content (AvgIpc) is 2.39. The van der Waals surface area contributed by atoms with Crippen LogP contribution in [-0.2, 0) is 0 Å². The van der Waals surface area contributed by atoms with Crippen LogP contribution in [0.4, 0.5) is 5.69 Å². The molecule has 2 aromatic rings. The fourth-order valence-corrected chi connectivity index (χ4v) is 1.80. The van der Waals surface area contributed by atoms with Gasteiger partial charge in [-0.05, 0) is 55.0 Å². The minimum absolute atomic E-state index is 0.478. The molecule has 2 N–H and O–H groups in total. The monoisotopic (exact) mass is 277 g/mol. The minimum Gasteiger partial charge on any atom is -0.490 e. The Hall–Kier alpha value is -1.87. The van der Waals surface area contributed by atoms with E-state index in [2.05, 4.69) is 0 Å². The van der Waals surface area contributed by atoms with Crippen LogP contribution in [0, 0.1) is 6.92 Å². The highest BCUT2D eigenvalue weighted by Gasteiger charge is 2.00. The van der Waals surface area contributed by atoms with Crippen molar-refractivity contribution in [2.45, 2.75) is 6.92 Å². The summed E-state index contributed by atoms with van der Waals surface area (Å²) in [5, 5.41) is 0.695. The normalized spacial score (nSPS) is 10.2. The van der Waals surface area contributed by atoms with Crippen LogP contribution in [0.1, 0.15) is 5.56 Å². The zero-order valence-electron chi connectivity index (χ0n) is 10.7. The number of hydrogen-bond acceptors (Lipinski definition) is 3. The van der Waals surface area contributed by atoms with Crippen LogP contribution in [0.3, 0.4) is 0 Å². The van der Waals surface area contributed by atoms with Crippen LogP contribution >= 0.6 is 11.6 Å². The van der Waals surface area contributed by atoms with Crippen molar-refractivity contribution in [1.82, 2.24) is 0 Å². The summed E-state index contributed by atoms with van der Waals surface area (Å²) in [6.45, 7) is 2.92. The summed E-state index contributed by atoms with van der Waals surface area (Å²) in [4.78, 5) is 0. The molecule has 0 atom stereocenters. The second-order valence-electron chi connectivity index (χ2n) is 4.18. The van der Waals surface area contributed by atoms with E-state index in [0.717, 1.165) is 22.7 Å². The van der Waals surface area contributed by atoms with Crippen molar-refractivity contribution >= 4 is 17.3 Å². The van der Waals surface area contributed by atoms with Crippen molar-refractivity contribution in [2.24, 2.45) is 0 Å². The summed E-state index contributed by atoms with van der Waals surface area (Å²) in [5.41, 5.74) is 7.44. The predicted molar refractivity (Wildman–Crippen MR) is 78.0 cm³/mol. The Morgan fingerprint density at radius 1 is 1.00 bits per heavy atom. The van der Waals surface area contributed by atoms with Crippen LogP contribution in [0.25, 0.3) is 0 Å². The van der Waals surface area contributed by atoms with Crippen LogP contribution in [0.5, 0.6) is 11.5 Å². The van der Waals surface area contributed by atoms with Gasteiger partial charge in [0.25, 0.3) is 0 Å². The molecule has 2 rings (SSSR count). The molecular weight excluding hydrogens is 262 g/mol. The number of anilines is 1. The zero-order valence-corrected chi connectivity index (χ0v) is 11.5. The number of rotatable bonds is 5. The van der Waals surface area contributed by atoms with E-state index >= 15 is 0 Å². The second kappa shape index (κ2) is 6.34. The van der Waals surface area contributed by atoms with Crippen LogP contribution < -0.4 is 15.2 Å². The van der Waals surface area contributed by atoms with Crippen molar-refractivity contribution in [3.05, 3.63) is 53.1 Å². The van der Waals surface area contributed by atoms with E-state index in [4.69, 9.17) is 26.8 Å². The summed E-state index contributed by atoms with van der Waals surface area (Å²) in [6.07, 6.45) is 0. The molecule has 4 heteroatoms. The van der Waals surface area contributed by atoms with E-state index in [1.807, 2.05) is 37.3 Å². The second-order valence-corrected chi connectivity index (χ2v) is 4.61. The van der Waals surface area contributed by atoms with E-state index in [1.54, 1.807) is 12.1 Å². The maximum absolute atomic E-state index is 5.79. The molecule has 0 bridgehead atoms. The number of aryl methyl sites for hydroxylation is 1. The van der Waals surface area contributed by atoms with Crippen molar-refractivity contribution in [3.8, 4) is 11.5 Å². The summed E-state index contributed by atoms with van der Waals surface area (Å²) >= 11 is 5.79. The molecule has 0 saturated heterocycles. The van der Waals surface area contributed by atoms with Gasteiger partial charge in [-0.15, -0.1) is 0 Å². The highest BCUT2D eigenvalue weighted by Crippen LogP contribution is 2.20. The van der Waals surface area contributed by atoms with Crippen LogP contribution in [0.2, 0.25) is 5.02 Å². The summed E-state index contributed by atoms with van der Waals surface area (Å²) in [7, 11) is 0. The van der Waals surface area contributed by atoms with Gasteiger partial charge in [0, 0.05) is 10.7 Å². The van der Waals surface area contributed by atoms with Crippen LogP contribution in [-0.4, -0.2) is 13.2 Å². The van der Waals surface area contributed by atoms with E-state index in [1.165, 1.54) is 0 Å². The van der Waals surface area contributed by atoms with E-state index < -0.39 is 0 Å². The van der Waals surface area contributed by atoms with Crippen LogP contribution in [0.15, 0.2) is 42.5 Å². The first-order chi connectivity index (χ1) is 9.15. The van der Waals surface area contributed by atoms with Gasteiger partial charge in [0.05, 0.1) is 0 Å². The summed E-state index contributed by atoms with van der Waals surface area (Å²) in [6, 6.07) is 12.8. The number of nitrogen functional groups attached to an aromatic ring is 1. The third-order valence-electron chi connectivity index (χ3n) is 2.62. The Labute approximate surface area is 117 Å². The molecule has 0 aliphatic rings. The zero-order chi connectivity index (χ0) is 13.7. The molecule has 3 nitrogen and oxygen atoms in total. The summed E-state index contributed by atoms with van der Waals surface area (Å²) < 4.78 is 11.2. The third kappa shape index (κ3) is 4.07. The largest absolute Gasteiger partial charge is 0.490 e. The van der Waals surface area contributed by atoms with Crippen molar-refractivity contribution in [1.29, 1.82) is 0 Å². The lowest BCUT2D eigenvalue weighted by molar-refractivity contribution is 0.216. The number of halogens is 1. The van der Waals surface area contributed by atoms with Gasteiger partial charge in [-0.3, -0.25) is 0 Å².